The van der Waals surface area contributed by atoms with Gasteiger partial charge in [0, 0.05) is 36.7 Å². The van der Waals surface area contributed by atoms with Gasteiger partial charge < -0.3 is 29.5 Å². The normalized spacial score (nSPS) is 19.9. The molecule has 2 amide bonds. The Labute approximate surface area is 252 Å². The summed E-state index contributed by atoms with van der Waals surface area (Å²) in [6, 6.07) is 10.6. The minimum absolute atomic E-state index is 0.0484. The number of hydrogen-bond donors (Lipinski definition) is 2. The monoisotopic (exact) mass is 591 g/mol. The standard InChI is InChI=1S/C32H41N5O6/c1-32(2,3)29(37-18-25(34-35-37)19-7-8-19)31(40)36-17-21(38)15-26(36)30(39)33-28(20-9-11-22(41-4)12-10-20)24-14-13-23(42-5)16-27(24)43-6/h9-14,16,18-19,21,26,28-29,38H,7-8,15,17H2,1-6H3,(H,33,39)/t21?,26?,28?,29-/m1/s1. The molecule has 1 saturated heterocycles. The lowest BCUT2D eigenvalue weighted by Gasteiger charge is -2.35. The third kappa shape index (κ3) is 6.46. The Morgan fingerprint density at radius 3 is 2.28 bits per heavy atom. The molecule has 2 heterocycles. The van der Waals surface area contributed by atoms with E-state index in [-0.39, 0.29) is 24.8 Å². The molecule has 0 radical (unpaired) electrons. The van der Waals surface area contributed by atoms with Crippen LogP contribution in [0.5, 0.6) is 17.2 Å². The third-order valence-corrected chi connectivity index (χ3v) is 8.19. The molecule has 2 fully saturated rings. The number of aromatic nitrogens is 3. The van der Waals surface area contributed by atoms with E-state index in [0.29, 0.717) is 28.7 Å². The molecule has 0 spiro atoms. The molecule has 230 valence electrons. The number of benzene rings is 2. The summed E-state index contributed by atoms with van der Waals surface area (Å²) in [5.74, 6) is 1.55. The number of methoxy groups -OCH3 is 3. The highest BCUT2D eigenvalue weighted by atomic mass is 16.5. The number of hydrogen-bond acceptors (Lipinski definition) is 8. The lowest BCUT2D eigenvalue weighted by Crippen LogP contribution is -2.51. The summed E-state index contributed by atoms with van der Waals surface area (Å²) in [6.45, 7) is 5.94. The van der Waals surface area contributed by atoms with Crippen LogP contribution in [0, 0.1) is 5.41 Å². The number of aliphatic hydroxyl groups is 1. The predicted octanol–water partition coefficient (Wildman–Crippen LogP) is 3.64. The fraction of sp³-hybridized carbons (Fsp3) is 0.500. The minimum Gasteiger partial charge on any atom is -0.497 e. The Kier molecular flexibility index (Phi) is 8.64. The van der Waals surface area contributed by atoms with Gasteiger partial charge in [-0.1, -0.05) is 38.1 Å². The molecule has 2 N–H and O–H groups in total. The van der Waals surface area contributed by atoms with E-state index in [1.54, 1.807) is 38.1 Å². The van der Waals surface area contributed by atoms with Crippen molar-refractivity contribution in [3.8, 4) is 17.2 Å². The van der Waals surface area contributed by atoms with Gasteiger partial charge in [0.15, 0.2) is 0 Å². The molecule has 3 aromatic rings. The Hall–Kier alpha value is -4.12. The molecule has 2 aliphatic rings. The van der Waals surface area contributed by atoms with Crippen molar-refractivity contribution in [3.63, 3.8) is 0 Å². The van der Waals surface area contributed by atoms with E-state index in [1.165, 1.54) is 4.90 Å². The second kappa shape index (κ2) is 12.2. The van der Waals surface area contributed by atoms with Crippen molar-refractivity contribution in [1.29, 1.82) is 0 Å². The zero-order valence-corrected chi connectivity index (χ0v) is 25.6. The van der Waals surface area contributed by atoms with Crippen LogP contribution >= 0.6 is 0 Å². The highest BCUT2D eigenvalue weighted by Crippen LogP contribution is 2.41. The molecule has 43 heavy (non-hydrogen) atoms. The van der Waals surface area contributed by atoms with Crippen molar-refractivity contribution in [2.45, 2.75) is 70.2 Å². The molecule has 3 unspecified atom stereocenters. The zero-order valence-electron chi connectivity index (χ0n) is 25.6. The van der Waals surface area contributed by atoms with Crippen molar-refractivity contribution < 1.29 is 28.9 Å². The van der Waals surface area contributed by atoms with Crippen LogP contribution in [0.15, 0.2) is 48.7 Å². The van der Waals surface area contributed by atoms with Crippen molar-refractivity contribution in [3.05, 3.63) is 65.5 Å². The molecule has 1 aliphatic heterocycles. The summed E-state index contributed by atoms with van der Waals surface area (Å²) < 4.78 is 18.0. The number of nitrogens with one attached hydrogen (secondary N) is 1. The maximum absolute atomic E-state index is 14.2. The first-order valence-corrected chi connectivity index (χ1v) is 14.6. The van der Waals surface area contributed by atoms with Crippen molar-refractivity contribution in [2.24, 2.45) is 5.41 Å². The Balaban J connectivity index is 1.46. The Morgan fingerprint density at radius 1 is 1.00 bits per heavy atom. The molecule has 11 nitrogen and oxygen atoms in total. The first kappa shape index (κ1) is 30.3. The highest BCUT2D eigenvalue weighted by molar-refractivity contribution is 5.90. The van der Waals surface area contributed by atoms with Gasteiger partial charge in [-0.3, -0.25) is 9.59 Å². The van der Waals surface area contributed by atoms with Gasteiger partial charge in [0.1, 0.15) is 29.3 Å². The summed E-state index contributed by atoms with van der Waals surface area (Å²) in [5.41, 5.74) is 1.86. The maximum Gasteiger partial charge on any atom is 0.248 e. The summed E-state index contributed by atoms with van der Waals surface area (Å²) in [5, 5.41) is 22.5. The molecule has 1 aliphatic carbocycles. The largest absolute Gasteiger partial charge is 0.497 e. The van der Waals surface area contributed by atoms with Crippen LogP contribution in [0.2, 0.25) is 0 Å². The fourth-order valence-electron chi connectivity index (χ4n) is 5.76. The molecule has 5 rings (SSSR count). The van der Waals surface area contributed by atoms with Gasteiger partial charge in [-0.05, 0) is 48.1 Å². The summed E-state index contributed by atoms with van der Waals surface area (Å²) in [7, 11) is 4.73. The van der Waals surface area contributed by atoms with Crippen LogP contribution < -0.4 is 19.5 Å². The third-order valence-electron chi connectivity index (χ3n) is 8.19. The molecule has 2 aromatic carbocycles. The van der Waals surface area contributed by atoms with Gasteiger partial charge in [-0.2, -0.15) is 0 Å². The van der Waals surface area contributed by atoms with Crippen molar-refractivity contribution in [1.82, 2.24) is 25.2 Å². The van der Waals surface area contributed by atoms with E-state index in [1.807, 2.05) is 57.3 Å². The van der Waals surface area contributed by atoms with Gasteiger partial charge >= 0.3 is 0 Å². The number of nitrogens with zero attached hydrogens (tertiary/aromatic N) is 4. The number of aliphatic hydroxyl groups excluding tert-OH is 1. The van der Waals surface area contributed by atoms with Gasteiger partial charge in [-0.25, -0.2) is 4.68 Å². The van der Waals surface area contributed by atoms with Crippen LogP contribution in [-0.2, 0) is 9.59 Å². The second-order valence-corrected chi connectivity index (χ2v) is 12.4. The van der Waals surface area contributed by atoms with Crippen LogP contribution in [0.3, 0.4) is 0 Å². The second-order valence-electron chi connectivity index (χ2n) is 12.4. The summed E-state index contributed by atoms with van der Waals surface area (Å²) in [4.78, 5) is 29.8. The van der Waals surface area contributed by atoms with Crippen LogP contribution in [0.25, 0.3) is 0 Å². The SMILES string of the molecule is COc1ccc(C(NC(=O)C2CC(O)CN2C(=O)[C@@H](n2cc(C3CC3)nn2)C(C)(C)C)c2ccc(OC)cc2OC)cc1. The van der Waals surface area contributed by atoms with E-state index in [2.05, 4.69) is 15.6 Å². The van der Waals surface area contributed by atoms with Gasteiger partial charge in [0.25, 0.3) is 0 Å². The van der Waals surface area contributed by atoms with E-state index in [9.17, 15) is 14.7 Å². The number of carbonyl (C=O) groups excluding carboxylic acids is 2. The maximum atomic E-state index is 14.2. The Bertz CT molecular complexity index is 1450. The van der Waals surface area contributed by atoms with Crippen molar-refractivity contribution >= 4 is 11.8 Å². The molecule has 1 aromatic heterocycles. The van der Waals surface area contributed by atoms with E-state index in [4.69, 9.17) is 14.2 Å². The molecular formula is C32H41N5O6. The highest BCUT2D eigenvalue weighted by Gasteiger charge is 2.46. The quantitative estimate of drug-likeness (QED) is 0.366. The number of ether oxygens (including phenoxy) is 3. The fourth-order valence-corrected chi connectivity index (χ4v) is 5.76. The average molecular weight is 592 g/mol. The minimum atomic E-state index is -0.885. The van der Waals surface area contributed by atoms with E-state index < -0.39 is 29.6 Å². The first-order valence-electron chi connectivity index (χ1n) is 14.6. The molecule has 11 heteroatoms. The predicted molar refractivity (Wildman–Crippen MR) is 159 cm³/mol. The molecule has 0 bridgehead atoms. The number of carbonyl (C=O) groups is 2. The first-order chi connectivity index (χ1) is 20.5. The number of β-amino-alcohol motifs (C(OH)–C–C–N with tert-alkyl or cyclic N) is 1. The van der Waals surface area contributed by atoms with Crippen LogP contribution in [0.4, 0.5) is 0 Å². The Morgan fingerprint density at radius 2 is 1.67 bits per heavy atom. The number of amides is 2. The molecular weight excluding hydrogens is 550 g/mol. The lowest BCUT2D eigenvalue weighted by atomic mass is 9.85. The van der Waals surface area contributed by atoms with Gasteiger partial charge in [-0.15, -0.1) is 5.10 Å². The van der Waals surface area contributed by atoms with E-state index >= 15 is 0 Å². The summed E-state index contributed by atoms with van der Waals surface area (Å²) >= 11 is 0. The molecule has 4 atom stereocenters. The topological polar surface area (TPSA) is 128 Å². The zero-order chi connectivity index (χ0) is 30.9. The van der Waals surface area contributed by atoms with Gasteiger partial charge in [0.05, 0.1) is 39.2 Å². The smallest absolute Gasteiger partial charge is 0.248 e. The number of likely N-dealkylation sites (tertiary alicyclic amines) is 1. The summed E-state index contributed by atoms with van der Waals surface area (Å²) in [6.07, 6.45) is 3.27. The van der Waals surface area contributed by atoms with E-state index in [0.717, 1.165) is 24.1 Å². The van der Waals surface area contributed by atoms with Crippen LogP contribution in [0.1, 0.15) is 74.9 Å². The average Bonchev–Trinajstić information content (AvgIpc) is 3.60. The van der Waals surface area contributed by atoms with Gasteiger partial charge in [0.2, 0.25) is 11.8 Å². The molecule has 1 saturated carbocycles. The lowest BCUT2D eigenvalue weighted by molar-refractivity contribution is -0.144. The van der Waals surface area contributed by atoms with Crippen LogP contribution in [-0.4, -0.2) is 76.8 Å². The van der Waals surface area contributed by atoms with Crippen molar-refractivity contribution in [2.75, 3.05) is 27.9 Å². The number of rotatable bonds is 10.